The van der Waals surface area contributed by atoms with Gasteiger partial charge in [-0.2, -0.15) is 0 Å². The van der Waals surface area contributed by atoms with Crippen molar-refractivity contribution in [2.75, 3.05) is 9.80 Å². The largest absolute Gasteiger partial charge is 0.456 e. The van der Waals surface area contributed by atoms with Crippen LogP contribution in [-0.4, -0.2) is 0 Å². The molecule has 4 nitrogen and oxygen atoms in total. The highest BCUT2D eigenvalue weighted by Gasteiger charge is 2.21. The van der Waals surface area contributed by atoms with Crippen LogP contribution in [0.5, 0.6) is 0 Å². The number of rotatable bonds is 7. The molecule has 4 heteroatoms. The van der Waals surface area contributed by atoms with E-state index in [1.54, 1.807) is 0 Å². The van der Waals surface area contributed by atoms with Crippen molar-refractivity contribution in [1.82, 2.24) is 0 Å². The zero-order valence-electron chi connectivity index (χ0n) is 30.3. The molecule has 2 aromatic heterocycles. The van der Waals surface area contributed by atoms with E-state index in [2.05, 4.69) is 192 Å². The SMILES string of the molecule is c1ccc(N(c2ccc3oc4ccccc4c3c2)c2ccc(-c3ccc(N(c4ccccc4)c4cccc5oc6ccccc6c45)cc3)c3ccccc23)cc1. The van der Waals surface area contributed by atoms with Gasteiger partial charge in [0.2, 0.25) is 0 Å². The lowest BCUT2D eigenvalue weighted by atomic mass is 9.96. The molecule has 0 unspecified atom stereocenters. The van der Waals surface area contributed by atoms with Gasteiger partial charge < -0.3 is 18.6 Å². The van der Waals surface area contributed by atoms with Gasteiger partial charge in [-0.3, -0.25) is 0 Å². The molecular formula is C52H34N2O2. The standard InChI is InChI=1S/C52H34N2O2/c1-3-14-36(15-4-1)53(47-22-13-25-51-52(47)44-21-10-12-24-49(44)56-51)38-28-26-35(27-29-38)40-31-32-46(42-19-8-7-18-41(40)42)54(37-16-5-2-6-17-37)39-30-33-50-45(34-39)43-20-9-11-23-48(43)55-50/h1-34H. The third-order valence-corrected chi connectivity index (χ3v) is 10.8. The smallest absolute Gasteiger partial charge is 0.137 e. The quantitative estimate of drug-likeness (QED) is 0.164. The minimum atomic E-state index is 0.871. The van der Waals surface area contributed by atoms with Gasteiger partial charge in [0.15, 0.2) is 0 Å². The first-order valence-corrected chi connectivity index (χ1v) is 18.9. The van der Waals surface area contributed by atoms with Gasteiger partial charge >= 0.3 is 0 Å². The molecule has 0 spiro atoms. The average Bonchev–Trinajstić information content (AvgIpc) is 3.84. The predicted octanol–water partition coefficient (Wildman–Crippen LogP) is 15.2. The molecule has 0 aliphatic rings. The second-order valence-electron chi connectivity index (χ2n) is 14.1. The third kappa shape index (κ3) is 5.23. The Hall–Kier alpha value is -7.56. The van der Waals surface area contributed by atoms with Crippen molar-refractivity contribution >= 4 is 88.8 Å². The minimum absolute atomic E-state index is 0.871. The van der Waals surface area contributed by atoms with E-state index in [0.29, 0.717) is 0 Å². The summed E-state index contributed by atoms with van der Waals surface area (Å²) >= 11 is 0. The number of hydrogen-bond acceptors (Lipinski definition) is 4. The first-order valence-electron chi connectivity index (χ1n) is 18.9. The van der Waals surface area contributed by atoms with Crippen molar-refractivity contribution in [3.05, 3.63) is 206 Å². The molecule has 11 rings (SSSR count). The highest BCUT2D eigenvalue weighted by atomic mass is 16.3. The van der Waals surface area contributed by atoms with E-state index < -0.39 is 0 Å². The normalized spacial score (nSPS) is 11.6. The number of nitrogens with zero attached hydrogens (tertiary/aromatic N) is 2. The Bertz CT molecular complexity index is 3200. The van der Waals surface area contributed by atoms with Crippen molar-refractivity contribution in [1.29, 1.82) is 0 Å². The minimum Gasteiger partial charge on any atom is -0.456 e. The van der Waals surface area contributed by atoms with Crippen molar-refractivity contribution in [3.63, 3.8) is 0 Å². The maximum Gasteiger partial charge on any atom is 0.137 e. The van der Waals surface area contributed by atoms with Gasteiger partial charge in [-0.15, -0.1) is 0 Å². The number of hydrogen-bond donors (Lipinski definition) is 0. The maximum absolute atomic E-state index is 6.31. The summed E-state index contributed by atoms with van der Waals surface area (Å²) in [5.41, 5.74) is 12.3. The molecule has 0 amide bonds. The summed E-state index contributed by atoms with van der Waals surface area (Å²) in [4.78, 5) is 4.68. The van der Waals surface area contributed by atoms with Crippen LogP contribution >= 0.6 is 0 Å². The summed E-state index contributed by atoms with van der Waals surface area (Å²) < 4.78 is 12.5. The summed E-state index contributed by atoms with van der Waals surface area (Å²) in [7, 11) is 0. The molecule has 0 N–H and O–H groups in total. The summed E-state index contributed by atoms with van der Waals surface area (Å²) in [5.74, 6) is 0. The van der Waals surface area contributed by atoms with E-state index in [4.69, 9.17) is 8.83 Å². The Labute approximate surface area is 323 Å². The van der Waals surface area contributed by atoms with Crippen molar-refractivity contribution < 1.29 is 8.83 Å². The van der Waals surface area contributed by atoms with Gasteiger partial charge in [0, 0.05) is 44.3 Å². The first-order chi connectivity index (χ1) is 27.8. The molecule has 0 fully saturated rings. The van der Waals surface area contributed by atoms with Crippen molar-refractivity contribution in [3.8, 4) is 11.1 Å². The Morgan fingerprint density at radius 2 is 0.804 bits per heavy atom. The number of furan rings is 2. The molecule has 0 atom stereocenters. The molecule has 2 heterocycles. The van der Waals surface area contributed by atoms with Crippen LogP contribution in [0.2, 0.25) is 0 Å². The zero-order chi connectivity index (χ0) is 37.0. The Morgan fingerprint density at radius 1 is 0.286 bits per heavy atom. The Kier molecular flexibility index (Phi) is 7.46. The molecule has 56 heavy (non-hydrogen) atoms. The zero-order valence-corrected chi connectivity index (χ0v) is 30.3. The number of anilines is 6. The van der Waals surface area contributed by atoms with Crippen molar-refractivity contribution in [2.24, 2.45) is 0 Å². The molecule has 0 aliphatic carbocycles. The van der Waals surface area contributed by atoms with E-state index in [1.807, 2.05) is 24.3 Å². The van der Waals surface area contributed by atoms with Crippen LogP contribution in [-0.2, 0) is 0 Å². The number of fused-ring (bicyclic) bond motifs is 7. The summed E-state index contributed by atoms with van der Waals surface area (Å²) in [6, 6.07) is 72.7. The lowest BCUT2D eigenvalue weighted by Crippen LogP contribution is -2.10. The van der Waals surface area contributed by atoms with E-state index in [0.717, 1.165) is 83.6 Å². The van der Waals surface area contributed by atoms with Crippen LogP contribution in [0.15, 0.2) is 215 Å². The first kappa shape index (κ1) is 31.9. The van der Waals surface area contributed by atoms with Crippen LogP contribution in [0, 0.1) is 0 Å². The third-order valence-electron chi connectivity index (χ3n) is 10.8. The lowest BCUT2D eigenvalue weighted by molar-refractivity contribution is 0.668. The summed E-state index contributed by atoms with van der Waals surface area (Å²) in [5, 5.41) is 6.76. The molecule has 11 aromatic rings. The second kappa shape index (κ2) is 13.1. The molecule has 264 valence electrons. The van der Waals surface area contributed by atoms with Crippen LogP contribution in [0.25, 0.3) is 65.8 Å². The van der Waals surface area contributed by atoms with Crippen molar-refractivity contribution in [2.45, 2.75) is 0 Å². The molecular weight excluding hydrogens is 685 g/mol. The van der Waals surface area contributed by atoms with Gasteiger partial charge in [-0.05, 0) is 101 Å². The Morgan fingerprint density at radius 3 is 1.54 bits per heavy atom. The Balaban J connectivity index is 1.04. The van der Waals surface area contributed by atoms with Crippen LogP contribution in [0.1, 0.15) is 0 Å². The monoisotopic (exact) mass is 718 g/mol. The highest BCUT2D eigenvalue weighted by Crippen LogP contribution is 2.46. The molecule has 0 radical (unpaired) electrons. The number of benzene rings is 9. The van der Waals surface area contributed by atoms with Gasteiger partial charge in [0.25, 0.3) is 0 Å². The molecule has 0 saturated heterocycles. The summed E-state index contributed by atoms with van der Waals surface area (Å²) in [6.45, 7) is 0. The fourth-order valence-corrected chi connectivity index (χ4v) is 8.32. The summed E-state index contributed by atoms with van der Waals surface area (Å²) in [6.07, 6.45) is 0. The van der Waals surface area contributed by atoms with E-state index >= 15 is 0 Å². The topological polar surface area (TPSA) is 32.8 Å². The predicted molar refractivity (Wildman–Crippen MR) is 233 cm³/mol. The van der Waals surface area contributed by atoms with Gasteiger partial charge in [-0.25, -0.2) is 0 Å². The van der Waals surface area contributed by atoms with Crippen LogP contribution in [0.3, 0.4) is 0 Å². The average molecular weight is 719 g/mol. The molecule has 9 aromatic carbocycles. The van der Waals surface area contributed by atoms with Crippen LogP contribution < -0.4 is 9.80 Å². The highest BCUT2D eigenvalue weighted by molar-refractivity contribution is 6.14. The maximum atomic E-state index is 6.31. The van der Waals surface area contributed by atoms with Gasteiger partial charge in [0.05, 0.1) is 16.8 Å². The van der Waals surface area contributed by atoms with Gasteiger partial charge in [0.1, 0.15) is 22.3 Å². The fourth-order valence-electron chi connectivity index (χ4n) is 8.32. The van der Waals surface area contributed by atoms with Gasteiger partial charge in [-0.1, -0.05) is 121 Å². The molecule has 0 bridgehead atoms. The van der Waals surface area contributed by atoms with E-state index in [1.165, 1.54) is 16.3 Å². The van der Waals surface area contributed by atoms with E-state index in [9.17, 15) is 0 Å². The molecule has 0 saturated carbocycles. The second-order valence-corrected chi connectivity index (χ2v) is 14.1. The number of para-hydroxylation sites is 4. The molecule has 0 aliphatic heterocycles. The van der Waals surface area contributed by atoms with E-state index in [-0.39, 0.29) is 0 Å². The lowest BCUT2D eigenvalue weighted by Gasteiger charge is -2.28. The fraction of sp³-hybridized carbons (Fsp3) is 0. The van der Waals surface area contributed by atoms with Crippen LogP contribution in [0.4, 0.5) is 34.1 Å².